The highest BCUT2D eigenvalue weighted by Gasteiger charge is 2.45. The minimum Gasteiger partial charge on any atom is -0.339 e. The van der Waals surface area contributed by atoms with Crippen LogP contribution >= 0.6 is 24.2 Å². The van der Waals surface area contributed by atoms with Gasteiger partial charge in [0.2, 0.25) is 0 Å². The van der Waals surface area contributed by atoms with E-state index in [0.717, 1.165) is 44.8 Å². The van der Waals surface area contributed by atoms with Crippen molar-refractivity contribution in [1.29, 1.82) is 0 Å². The third-order valence-corrected chi connectivity index (χ3v) is 5.44. The molecule has 118 valence electrons. The molecule has 1 amide bonds. The molecule has 0 aliphatic carbocycles. The van der Waals surface area contributed by atoms with Crippen LogP contribution < -0.4 is 5.32 Å². The molecular formula is C14H23ClN4OS. The fraction of sp³-hybridized carbons (Fsp3) is 0.714. The Morgan fingerprint density at radius 1 is 1.43 bits per heavy atom. The first-order chi connectivity index (χ1) is 9.72. The SMILES string of the molecule is CC1CN(C(=O)C2(n3cccn3)CCNCC2)CCS1.Cl. The van der Waals surface area contributed by atoms with E-state index in [9.17, 15) is 4.79 Å². The van der Waals surface area contributed by atoms with E-state index in [0.29, 0.717) is 5.25 Å². The Bertz CT molecular complexity index is 462. The average molecular weight is 331 g/mol. The third-order valence-electron chi connectivity index (χ3n) is 4.30. The van der Waals surface area contributed by atoms with Crippen LogP contribution in [-0.4, -0.2) is 57.8 Å². The molecule has 21 heavy (non-hydrogen) atoms. The molecule has 0 bridgehead atoms. The minimum absolute atomic E-state index is 0. The van der Waals surface area contributed by atoms with Gasteiger partial charge in [0.1, 0.15) is 5.54 Å². The van der Waals surface area contributed by atoms with Gasteiger partial charge in [-0.05, 0) is 32.0 Å². The summed E-state index contributed by atoms with van der Waals surface area (Å²) in [5.74, 6) is 1.30. The number of rotatable bonds is 2. The summed E-state index contributed by atoms with van der Waals surface area (Å²) in [6.07, 6.45) is 5.36. The van der Waals surface area contributed by atoms with Gasteiger partial charge in [-0.3, -0.25) is 9.48 Å². The zero-order valence-corrected chi connectivity index (χ0v) is 14.0. The molecule has 1 aromatic rings. The molecule has 2 aliphatic rings. The van der Waals surface area contributed by atoms with Crippen LogP contribution in [0.1, 0.15) is 19.8 Å². The van der Waals surface area contributed by atoms with Crippen molar-refractivity contribution in [2.24, 2.45) is 0 Å². The van der Waals surface area contributed by atoms with Crippen molar-refractivity contribution >= 4 is 30.1 Å². The number of aromatic nitrogens is 2. The summed E-state index contributed by atoms with van der Waals surface area (Å²) >= 11 is 1.95. The molecule has 2 aliphatic heterocycles. The summed E-state index contributed by atoms with van der Waals surface area (Å²) in [5, 5.41) is 8.27. The number of amides is 1. The fourth-order valence-corrected chi connectivity index (χ4v) is 4.21. The molecule has 1 N–H and O–H groups in total. The maximum absolute atomic E-state index is 13.1. The Morgan fingerprint density at radius 2 is 2.19 bits per heavy atom. The molecule has 1 aromatic heterocycles. The lowest BCUT2D eigenvalue weighted by atomic mass is 9.86. The summed E-state index contributed by atoms with van der Waals surface area (Å²) in [6.45, 7) is 5.69. The van der Waals surface area contributed by atoms with Gasteiger partial charge in [-0.1, -0.05) is 6.92 Å². The molecule has 3 rings (SSSR count). The third kappa shape index (κ3) is 3.22. The first kappa shape index (κ1) is 16.6. The Balaban J connectivity index is 0.00000161. The fourth-order valence-electron chi connectivity index (χ4n) is 3.20. The largest absolute Gasteiger partial charge is 0.339 e. The lowest BCUT2D eigenvalue weighted by Crippen LogP contribution is -2.57. The van der Waals surface area contributed by atoms with Gasteiger partial charge < -0.3 is 10.2 Å². The van der Waals surface area contributed by atoms with E-state index in [2.05, 4.69) is 17.3 Å². The summed E-state index contributed by atoms with van der Waals surface area (Å²) in [6, 6.07) is 1.91. The maximum Gasteiger partial charge on any atom is 0.250 e. The van der Waals surface area contributed by atoms with Gasteiger partial charge >= 0.3 is 0 Å². The summed E-state index contributed by atoms with van der Waals surface area (Å²) in [5.41, 5.74) is -0.476. The molecule has 3 heterocycles. The van der Waals surface area contributed by atoms with Crippen LogP contribution in [0, 0.1) is 0 Å². The van der Waals surface area contributed by atoms with Crippen LogP contribution in [0.15, 0.2) is 18.5 Å². The second-order valence-corrected chi connectivity index (χ2v) is 7.21. The van der Waals surface area contributed by atoms with Gasteiger partial charge in [0.15, 0.2) is 0 Å². The Hall–Kier alpha value is -0.720. The molecule has 1 unspecified atom stereocenters. The van der Waals surface area contributed by atoms with Gasteiger partial charge in [-0.15, -0.1) is 12.4 Å². The number of piperidine rings is 1. The quantitative estimate of drug-likeness (QED) is 0.889. The molecule has 1 atom stereocenters. The zero-order chi connectivity index (χ0) is 14.0. The van der Waals surface area contributed by atoms with E-state index in [-0.39, 0.29) is 18.3 Å². The van der Waals surface area contributed by atoms with Gasteiger partial charge in [0, 0.05) is 36.5 Å². The van der Waals surface area contributed by atoms with Crippen molar-refractivity contribution in [1.82, 2.24) is 20.0 Å². The number of hydrogen-bond acceptors (Lipinski definition) is 4. The van der Waals surface area contributed by atoms with Gasteiger partial charge in [-0.25, -0.2) is 0 Å². The lowest BCUT2D eigenvalue weighted by molar-refractivity contribution is -0.143. The smallest absolute Gasteiger partial charge is 0.250 e. The highest BCUT2D eigenvalue weighted by atomic mass is 35.5. The standard InChI is InChI=1S/C14H22N4OS.ClH/c1-12-11-17(9-10-20-12)13(19)14(3-6-15-7-4-14)18-8-2-5-16-18;/h2,5,8,12,15H,3-4,6-7,9-11H2,1H3;1H. The number of halogens is 1. The second kappa shape index (κ2) is 7.03. The Labute approximate surface area is 136 Å². The van der Waals surface area contributed by atoms with Crippen LogP contribution in [0.25, 0.3) is 0 Å². The first-order valence-electron chi connectivity index (χ1n) is 7.34. The van der Waals surface area contributed by atoms with E-state index in [4.69, 9.17) is 0 Å². The van der Waals surface area contributed by atoms with Crippen LogP contribution in [0.5, 0.6) is 0 Å². The summed E-state index contributed by atoms with van der Waals surface area (Å²) in [4.78, 5) is 15.2. The van der Waals surface area contributed by atoms with Crippen molar-refractivity contribution in [3.05, 3.63) is 18.5 Å². The molecule has 0 spiro atoms. The molecule has 5 nitrogen and oxygen atoms in total. The predicted octanol–water partition coefficient (Wildman–Crippen LogP) is 1.35. The van der Waals surface area contributed by atoms with Crippen molar-refractivity contribution in [2.45, 2.75) is 30.6 Å². The predicted molar refractivity (Wildman–Crippen MR) is 88.1 cm³/mol. The van der Waals surface area contributed by atoms with E-state index in [1.807, 2.05) is 33.6 Å². The van der Waals surface area contributed by atoms with Crippen LogP contribution in [0.4, 0.5) is 0 Å². The maximum atomic E-state index is 13.1. The van der Waals surface area contributed by atoms with Crippen LogP contribution in [0.3, 0.4) is 0 Å². The Kier molecular flexibility index (Phi) is 5.57. The topological polar surface area (TPSA) is 50.2 Å². The molecule has 0 radical (unpaired) electrons. The molecule has 0 aromatic carbocycles. The molecule has 2 saturated heterocycles. The average Bonchev–Trinajstić information content (AvgIpc) is 3.02. The first-order valence-corrected chi connectivity index (χ1v) is 8.39. The van der Waals surface area contributed by atoms with E-state index in [1.54, 1.807) is 6.20 Å². The van der Waals surface area contributed by atoms with Gasteiger partial charge in [-0.2, -0.15) is 16.9 Å². The second-order valence-electron chi connectivity index (χ2n) is 5.66. The van der Waals surface area contributed by atoms with Crippen LogP contribution in [-0.2, 0) is 10.3 Å². The van der Waals surface area contributed by atoms with Crippen molar-refractivity contribution in [3.63, 3.8) is 0 Å². The Morgan fingerprint density at radius 3 is 2.81 bits per heavy atom. The van der Waals surface area contributed by atoms with Crippen molar-refractivity contribution in [2.75, 3.05) is 31.9 Å². The molecule has 2 fully saturated rings. The number of nitrogens with one attached hydrogen (secondary N) is 1. The lowest BCUT2D eigenvalue weighted by Gasteiger charge is -2.42. The number of nitrogens with zero attached hydrogens (tertiary/aromatic N) is 3. The highest BCUT2D eigenvalue weighted by molar-refractivity contribution is 7.99. The van der Waals surface area contributed by atoms with E-state index < -0.39 is 5.54 Å². The minimum atomic E-state index is -0.476. The van der Waals surface area contributed by atoms with Crippen LogP contribution in [0.2, 0.25) is 0 Å². The molecule has 0 saturated carbocycles. The molecule has 7 heteroatoms. The molecular weight excluding hydrogens is 308 g/mol. The van der Waals surface area contributed by atoms with Crippen molar-refractivity contribution in [3.8, 4) is 0 Å². The monoisotopic (exact) mass is 330 g/mol. The highest BCUT2D eigenvalue weighted by Crippen LogP contribution is 2.31. The number of thioether (sulfide) groups is 1. The number of carbonyl (C=O) groups is 1. The van der Waals surface area contributed by atoms with Crippen molar-refractivity contribution < 1.29 is 4.79 Å². The summed E-state index contributed by atoms with van der Waals surface area (Å²) in [7, 11) is 0. The van der Waals surface area contributed by atoms with Gasteiger partial charge in [0.25, 0.3) is 5.91 Å². The normalized spacial score (nSPS) is 25.2. The summed E-state index contributed by atoms with van der Waals surface area (Å²) < 4.78 is 1.89. The zero-order valence-electron chi connectivity index (χ0n) is 12.3. The number of carbonyl (C=O) groups excluding carboxylic acids is 1. The number of hydrogen-bond donors (Lipinski definition) is 1. The van der Waals surface area contributed by atoms with E-state index >= 15 is 0 Å². The van der Waals surface area contributed by atoms with E-state index in [1.165, 1.54) is 0 Å². The van der Waals surface area contributed by atoms with Gasteiger partial charge in [0.05, 0.1) is 0 Å².